The van der Waals surface area contributed by atoms with E-state index < -0.39 is 17.9 Å². The zero-order valence-electron chi connectivity index (χ0n) is 7.33. The van der Waals surface area contributed by atoms with Gasteiger partial charge in [-0.05, 0) is 5.92 Å². The molecule has 0 radical (unpaired) electrons. The quantitative estimate of drug-likeness (QED) is 0.475. The van der Waals surface area contributed by atoms with Crippen molar-refractivity contribution < 1.29 is 9.59 Å². The molecule has 1 atom stereocenters. The van der Waals surface area contributed by atoms with Gasteiger partial charge in [0.1, 0.15) is 0 Å². The summed E-state index contributed by atoms with van der Waals surface area (Å²) in [6.07, 6.45) is 0. The Morgan fingerprint density at radius 1 is 1.33 bits per heavy atom. The smallest absolute Gasteiger partial charge is 0.234 e. The van der Waals surface area contributed by atoms with Crippen LogP contribution in [0, 0.1) is 5.92 Å². The van der Waals surface area contributed by atoms with Crippen LogP contribution in [0.15, 0.2) is 0 Å². The maximum atomic E-state index is 10.8. The van der Waals surface area contributed by atoms with Gasteiger partial charge in [0.05, 0.1) is 12.6 Å². The van der Waals surface area contributed by atoms with Gasteiger partial charge in [-0.1, -0.05) is 13.8 Å². The Kier molecular flexibility index (Phi) is 4.28. The molecule has 1 unspecified atom stereocenters. The second-order valence-electron chi connectivity index (χ2n) is 2.97. The number of rotatable bonds is 5. The van der Waals surface area contributed by atoms with Crippen molar-refractivity contribution in [2.24, 2.45) is 17.4 Å². The van der Waals surface area contributed by atoms with Gasteiger partial charge < -0.3 is 11.5 Å². The molecule has 0 fully saturated rings. The summed E-state index contributed by atoms with van der Waals surface area (Å²) in [6, 6.07) is -0.488. The third-order valence-electron chi connectivity index (χ3n) is 1.47. The number of nitrogens with two attached hydrogens (primary N) is 2. The van der Waals surface area contributed by atoms with Crippen molar-refractivity contribution in [1.29, 1.82) is 0 Å². The molecule has 0 bridgehead atoms. The van der Waals surface area contributed by atoms with Crippen molar-refractivity contribution >= 4 is 11.8 Å². The Balaban J connectivity index is 3.97. The van der Waals surface area contributed by atoms with Gasteiger partial charge in [-0.15, -0.1) is 0 Å². The van der Waals surface area contributed by atoms with E-state index in [-0.39, 0.29) is 12.5 Å². The molecule has 0 rings (SSSR count). The Labute approximate surface area is 71.5 Å². The highest BCUT2D eigenvalue weighted by molar-refractivity contribution is 5.82. The van der Waals surface area contributed by atoms with Gasteiger partial charge in [-0.2, -0.15) is 0 Å². The molecule has 5 heteroatoms. The minimum Gasteiger partial charge on any atom is -0.369 e. The van der Waals surface area contributed by atoms with E-state index in [0.717, 1.165) is 0 Å². The van der Waals surface area contributed by atoms with Crippen LogP contribution in [0.1, 0.15) is 13.8 Å². The van der Waals surface area contributed by atoms with Crippen LogP contribution in [-0.4, -0.2) is 24.4 Å². The fourth-order valence-electron chi connectivity index (χ4n) is 0.875. The van der Waals surface area contributed by atoms with Crippen molar-refractivity contribution in [1.82, 2.24) is 5.32 Å². The minimum atomic E-state index is -0.498. The van der Waals surface area contributed by atoms with E-state index in [9.17, 15) is 9.59 Å². The number of amides is 2. The zero-order valence-corrected chi connectivity index (χ0v) is 7.33. The van der Waals surface area contributed by atoms with Gasteiger partial charge in [0.2, 0.25) is 11.8 Å². The molecule has 70 valence electrons. The zero-order chi connectivity index (χ0) is 9.72. The van der Waals surface area contributed by atoms with Crippen LogP contribution >= 0.6 is 0 Å². The van der Waals surface area contributed by atoms with Crippen LogP contribution in [0.4, 0.5) is 0 Å². The van der Waals surface area contributed by atoms with E-state index in [4.69, 9.17) is 11.5 Å². The first-order valence-corrected chi connectivity index (χ1v) is 3.76. The molecule has 5 N–H and O–H groups in total. The maximum Gasteiger partial charge on any atom is 0.234 e. The number of hydrogen-bond acceptors (Lipinski definition) is 3. The molecule has 2 amide bonds. The predicted octanol–water partition coefficient (Wildman–Crippen LogP) is -1.43. The molecule has 12 heavy (non-hydrogen) atoms. The molecule has 0 saturated carbocycles. The normalized spacial score (nSPS) is 12.9. The van der Waals surface area contributed by atoms with Gasteiger partial charge in [-0.3, -0.25) is 14.9 Å². The Morgan fingerprint density at radius 3 is 2.08 bits per heavy atom. The molecule has 0 aliphatic heterocycles. The highest BCUT2D eigenvalue weighted by Gasteiger charge is 2.18. The molecule has 0 aromatic rings. The number of carbonyl (C=O) groups is 2. The Hall–Kier alpha value is -1.10. The monoisotopic (exact) mass is 173 g/mol. The second kappa shape index (κ2) is 4.71. The predicted molar refractivity (Wildman–Crippen MR) is 45.0 cm³/mol. The third-order valence-corrected chi connectivity index (χ3v) is 1.47. The average Bonchev–Trinajstić information content (AvgIpc) is 1.84. The Bertz CT molecular complexity index is 179. The van der Waals surface area contributed by atoms with Crippen molar-refractivity contribution in [2.75, 3.05) is 6.54 Å². The molecule has 0 aliphatic rings. The molecule has 0 aromatic carbocycles. The highest BCUT2D eigenvalue weighted by Crippen LogP contribution is 1.99. The lowest BCUT2D eigenvalue weighted by molar-refractivity contribution is -0.121. The van der Waals surface area contributed by atoms with Gasteiger partial charge in [0.15, 0.2) is 0 Å². The standard InChI is InChI=1S/C7H15N3O2/c1-4(2)6(7(9)12)10-3-5(8)11/h4,6,10H,3H2,1-2H3,(H2,8,11)(H2,9,12). The molecular formula is C7H15N3O2. The van der Waals surface area contributed by atoms with Crippen molar-refractivity contribution in [3.63, 3.8) is 0 Å². The lowest BCUT2D eigenvalue weighted by Crippen LogP contribution is -2.47. The van der Waals surface area contributed by atoms with E-state index in [1.54, 1.807) is 0 Å². The van der Waals surface area contributed by atoms with E-state index in [0.29, 0.717) is 0 Å². The summed E-state index contributed by atoms with van der Waals surface area (Å²) in [5.74, 6) is -0.907. The van der Waals surface area contributed by atoms with Crippen LogP contribution in [-0.2, 0) is 9.59 Å². The van der Waals surface area contributed by atoms with Crippen molar-refractivity contribution in [2.45, 2.75) is 19.9 Å². The van der Waals surface area contributed by atoms with Gasteiger partial charge in [0, 0.05) is 0 Å². The van der Waals surface area contributed by atoms with Crippen molar-refractivity contribution in [3.8, 4) is 0 Å². The largest absolute Gasteiger partial charge is 0.369 e. The first-order valence-electron chi connectivity index (χ1n) is 3.76. The first-order chi connectivity index (χ1) is 5.45. The molecule has 5 nitrogen and oxygen atoms in total. The summed E-state index contributed by atoms with van der Waals surface area (Å²) in [5.41, 5.74) is 9.96. The summed E-state index contributed by atoms with van der Waals surface area (Å²) >= 11 is 0. The van der Waals surface area contributed by atoms with Crippen LogP contribution in [0.5, 0.6) is 0 Å². The summed E-state index contributed by atoms with van der Waals surface area (Å²) in [7, 11) is 0. The number of carbonyl (C=O) groups excluding carboxylic acids is 2. The van der Waals surface area contributed by atoms with E-state index >= 15 is 0 Å². The maximum absolute atomic E-state index is 10.8. The van der Waals surface area contributed by atoms with E-state index in [1.807, 2.05) is 13.8 Å². The topological polar surface area (TPSA) is 98.2 Å². The minimum absolute atomic E-state index is 0.0220. The number of hydrogen-bond donors (Lipinski definition) is 3. The summed E-state index contributed by atoms with van der Waals surface area (Å²) in [6.45, 7) is 3.65. The highest BCUT2D eigenvalue weighted by atomic mass is 16.2. The summed E-state index contributed by atoms with van der Waals surface area (Å²) < 4.78 is 0. The first kappa shape index (κ1) is 10.9. The Morgan fingerprint density at radius 2 is 1.83 bits per heavy atom. The van der Waals surface area contributed by atoms with Gasteiger partial charge in [0.25, 0.3) is 0 Å². The summed E-state index contributed by atoms with van der Waals surface area (Å²) in [4.78, 5) is 21.1. The van der Waals surface area contributed by atoms with Gasteiger partial charge >= 0.3 is 0 Å². The molecule has 0 spiro atoms. The van der Waals surface area contributed by atoms with Crippen LogP contribution < -0.4 is 16.8 Å². The molecular weight excluding hydrogens is 158 g/mol. The molecule has 0 aromatic heterocycles. The number of primary amides is 2. The van der Waals surface area contributed by atoms with Crippen LogP contribution in [0.25, 0.3) is 0 Å². The summed E-state index contributed by atoms with van der Waals surface area (Å²) in [5, 5.41) is 2.67. The fourth-order valence-corrected chi connectivity index (χ4v) is 0.875. The lowest BCUT2D eigenvalue weighted by Gasteiger charge is -2.17. The third kappa shape index (κ3) is 3.92. The van der Waals surface area contributed by atoms with Crippen LogP contribution in [0.3, 0.4) is 0 Å². The lowest BCUT2D eigenvalue weighted by atomic mass is 10.0. The molecule has 0 aliphatic carbocycles. The van der Waals surface area contributed by atoms with Crippen LogP contribution in [0.2, 0.25) is 0 Å². The average molecular weight is 173 g/mol. The van der Waals surface area contributed by atoms with E-state index in [2.05, 4.69) is 5.32 Å². The fraction of sp³-hybridized carbons (Fsp3) is 0.714. The molecule has 0 heterocycles. The SMILES string of the molecule is CC(C)C(NCC(N)=O)C(N)=O. The molecule has 0 saturated heterocycles. The number of nitrogens with one attached hydrogen (secondary N) is 1. The second-order valence-corrected chi connectivity index (χ2v) is 2.97. The van der Waals surface area contributed by atoms with Gasteiger partial charge in [-0.25, -0.2) is 0 Å². The van der Waals surface area contributed by atoms with Crippen molar-refractivity contribution in [3.05, 3.63) is 0 Å². The van der Waals surface area contributed by atoms with E-state index in [1.165, 1.54) is 0 Å².